The van der Waals surface area contributed by atoms with Crippen LogP contribution in [0.15, 0.2) is 27.8 Å². The van der Waals surface area contributed by atoms with E-state index in [1.807, 2.05) is 27.7 Å². The summed E-state index contributed by atoms with van der Waals surface area (Å²) in [4.78, 5) is 3.78. The molecule has 0 fully saturated rings. The zero-order valence-electron chi connectivity index (χ0n) is 16.8. The molecule has 164 valence electrons. The Balaban J connectivity index is 0.00000184. The van der Waals surface area contributed by atoms with Crippen LogP contribution in [0.2, 0.25) is 0 Å². The van der Waals surface area contributed by atoms with Gasteiger partial charge in [0, 0.05) is 13.7 Å². The molecule has 2 rings (SSSR count). The van der Waals surface area contributed by atoms with Crippen LogP contribution in [-0.2, 0) is 10.9 Å². The van der Waals surface area contributed by atoms with Gasteiger partial charge in [0.15, 0.2) is 11.5 Å². The van der Waals surface area contributed by atoms with Crippen molar-refractivity contribution in [1.82, 2.24) is 15.8 Å². The third-order valence-electron chi connectivity index (χ3n) is 2.91. The molecule has 1 aromatic heterocycles. The predicted octanol–water partition coefficient (Wildman–Crippen LogP) is 4.40. The lowest BCUT2D eigenvalue weighted by atomic mass is 10.2. The molecule has 0 bridgehead atoms. The van der Waals surface area contributed by atoms with Crippen LogP contribution >= 0.6 is 0 Å². The highest BCUT2D eigenvalue weighted by Gasteiger charge is 2.34. The van der Waals surface area contributed by atoms with E-state index in [1.54, 1.807) is 5.48 Å². The molecule has 0 unspecified atom stereocenters. The summed E-state index contributed by atoms with van der Waals surface area (Å²) < 4.78 is 60.9. The number of hydrogen-bond donors (Lipinski definition) is 3. The zero-order valence-corrected chi connectivity index (χ0v) is 16.8. The lowest BCUT2D eigenvalue weighted by molar-refractivity contribution is -0.139. The van der Waals surface area contributed by atoms with Crippen LogP contribution in [0.5, 0.6) is 0 Å². The topological polar surface area (TPSA) is 105 Å². The van der Waals surface area contributed by atoms with Crippen LogP contribution in [0.1, 0.15) is 39.0 Å². The van der Waals surface area contributed by atoms with Gasteiger partial charge in [-0.2, -0.15) is 13.2 Å². The largest absolute Gasteiger partial charge is 0.419 e. The summed E-state index contributed by atoms with van der Waals surface area (Å²) in [6.07, 6.45) is -4.88. The van der Waals surface area contributed by atoms with Crippen LogP contribution in [0.25, 0.3) is 0 Å². The second-order valence-electron chi connectivity index (χ2n) is 4.62. The molecule has 3 N–H and O–H groups in total. The average Bonchev–Trinajstić information content (AvgIpc) is 3.18. The number of hydroxylamine groups is 1. The molecule has 2 aromatic rings. The third-order valence-corrected chi connectivity index (χ3v) is 2.91. The minimum absolute atomic E-state index is 0.0792. The Bertz CT molecular complexity index is 751. The fourth-order valence-corrected chi connectivity index (χ4v) is 1.79. The van der Waals surface area contributed by atoms with Gasteiger partial charge < -0.3 is 10.1 Å². The first-order valence-corrected chi connectivity index (χ1v) is 8.78. The maximum Gasteiger partial charge on any atom is 0.419 e. The number of aromatic nitrogens is 2. The Labute approximate surface area is 165 Å². The van der Waals surface area contributed by atoms with E-state index in [-0.39, 0.29) is 23.0 Å². The van der Waals surface area contributed by atoms with Crippen molar-refractivity contribution in [3.05, 3.63) is 35.3 Å². The van der Waals surface area contributed by atoms with Crippen LogP contribution in [0.4, 0.5) is 29.1 Å². The highest BCUT2D eigenvalue weighted by Crippen LogP contribution is 2.33. The molecule has 0 atom stereocenters. The van der Waals surface area contributed by atoms with Crippen molar-refractivity contribution in [3.63, 3.8) is 0 Å². The van der Waals surface area contributed by atoms with Gasteiger partial charge in [0.1, 0.15) is 5.82 Å². The van der Waals surface area contributed by atoms with Crippen molar-refractivity contribution in [2.45, 2.75) is 33.9 Å². The quantitative estimate of drug-likeness (QED) is 0.208. The number of nitrogens with one attached hydrogen (secondary N) is 2. The van der Waals surface area contributed by atoms with E-state index < -0.39 is 17.6 Å². The summed E-state index contributed by atoms with van der Waals surface area (Å²) in [5.41, 5.74) is -0.140. The summed E-state index contributed by atoms with van der Waals surface area (Å²) in [6.45, 7) is 8.66. The van der Waals surface area contributed by atoms with Gasteiger partial charge in [0.2, 0.25) is 5.82 Å². The van der Waals surface area contributed by atoms with E-state index >= 15 is 0 Å². The smallest absolute Gasteiger partial charge is 0.383 e. The second kappa shape index (κ2) is 13.4. The summed E-state index contributed by atoms with van der Waals surface area (Å²) in [6, 6.07) is 2.13. The molecule has 0 spiro atoms. The number of ether oxygens (including phenoxy) is 1. The lowest BCUT2D eigenvalue weighted by Crippen LogP contribution is -2.22. The van der Waals surface area contributed by atoms with Gasteiger partial charge in [-0.1, -0.05) is 27.7 Å². The van der Waals surface area contributed by atoms with E-state index in [4.69, 9.17) is 4.74 Å². The normalized spacial score (nSPS) is 11.0. The van der Waals surface area contributed by atoms with Crippen molar-refractivity contribution < 1.29 is 32.1 Å². The molecule has 0 saturated heterocycles. The fraction of sp³-hybridized carbons (Fsp3) is 0.471. The number of rotatable bonds is 6. The van der Waals surface area contributed by atoms with Crippen LogP contribution in [-0.4, -0.2) is 41.6 Å². The summed E-state index contributed by atoms with van der Waals surface area (Å²) in [7, 11) is 1.48. The zero-order chi connectivity index (χ0) is 22.4. The van der Waals surface area contributed by atoms with Crippen LogP contribution in [0.3, 0.4) is 0 Å². The number of halogens is 4. The highest BCUT2D eigenvalue weighted by molar-refractivity contribution is 6.01. The Morgan fingerprint density at radius 1 is 1.21 bits per heavy atom. The van der Waals surface area contributed by atoms with E-state index in [2.05, 4.69) is 25.3 Å². The van der Waals surface area contributed by atoms with Crippen LogP contribution < -0.4 is 10.8 Å². The second-order valence-corrected chi connectivity index (χ2v) is 4.62. The Kier molecular flexibility index (Phi) is 12.2. The van der Waals surface area contributed by atoms with Gasteiger partial charge >= 0.3 is 6.18 Å². The van der Waals surface area contributed by atoms with E-state index in [0.717, 1.165) is 6.07 Å². The van der Waals surface area contributed by atoms with Gasteiger partial charge in [-0.25, -0.2) is 14.0 Å². The molecular weight excluding hydrogens is 398 g/mol. The monoisotopic (exact) mass is 423 g/mol. The number of amidine groups is 1. The Hall–Kier alpha value is -2.73. The minimum Gasteiger partial charge on any atom is -0.383 e. The first-order valence-electron chi connectivity index (χ1n) is 8.78. The molecule has 0 saturated carbocycles. The van der Waals surface area contributed by atoms with Crippen molar-refractivity contribution in [2.75, 3.05) is 25.6 Å². The number of nitrogens with zero attached hydrogens (tertiary/aromatic N) is 3. The maximum atomic E-state index is 13.3. The highest BCUT2D eigenvalue weighted by atomic mass is 19.4. The standard InChI is InChI=1S/C13H13F4N5O3.2C2H6/c1-24-5-4-18-11-10(21-25-22-11)12(20-23)19-7-2-3-9(14)8(6-7)13(15,16)17;2*1-2/h2-3,6,23H,4-5H2,1H3,(H,18,22)(H,19,20);2*1-2H3. The SMILES string of the molecule is CC.CC.COCCNc1nonc1C(=Nc1ccc(F)c(C(F)(F)F)c1)NO. The third kappa shape index (κ3) is 8.03. The summed E-state index contributed by atoms with van der Waals surface area (Å²) in [5, 5.41) is 19.0. The van der Waals surface area contributed by atoms with Gasteiger partial charge in [-0.3, -0.25) is 10.7 Å². The average molecular weight is 423 g/mol. The Morgan fingerprint density at radius 2 is 1.86 bits per heavy atom. The molecular formula is C17H25F4N5O3. The summed E-state index contributed by atoms with van der Waals surface area (Å²) >= 11 is 0. The van der Waals surface area contributed by atoms with Crippen LogP contribution in [0, 0.1) is 5.82 Å². The number of benzene rings is 1. The molecule has 0 aliphatic heterocycles. The Morgan fingerprint density at radius 3 is 2.41 bits per heavy atom. The van der Waals surface area contributed by atoms with Gasteiger partial charge in [-0.15, -0.1) is 0 Å². The molecule has 1 heterocycles. The van der Waals surface area contributed by atoms with E-state index in [9.17, 15) is 22.8 Å². The summed E-state index contributed by atoms with van der Waals surface area (Å²) in [5.74, 6) is -1.70. The first kappa shape index (κ1) is 26.3. The van der Waals surface area contributed by atoms with Gasteiger partial charge in [0.25, 0.3) is 0 Å². The molecule has 0 aliphatic carbocycles. The molecule has 12 heteroatoms. The number of aliphatic imine (C=N–C) groups is 1. The number of anilines is 1. The molecule has 0 aliphatic rings. The molecule has 0 radical (unpaired) electrons. The van der Waals surface area contributed by atoms with Crippen molar-refractivity contribution in [3.8, 4) is 0 Å². The first-order chi connectivity index (χ1) is 13.9. The van der Waals surface area contributed by atoms with Gasteiger partial charge in [-0.05, 0) is 28.5 Å². The van der Waals surface area contributed by atoms with Crippen molar-refractivity contribution in [2.24, 2.45) is 4.99 Å². The van der Waals surface area contributed by atoms with E-state index in [1.165, 1.54) is 7.11 Å². The van der Waals surface area contributed by atoms with E-state index in [0.29, 0.717) is 25.3 Å². The predicted molar refractivity (Wildman–Crippen MR) is 99.9 cm³/mol. The molecule has 1 aromatic carbocycles. The maximum absolute atomic E-state index is 13.3. The molecule has 29 heavy (non-hydrogen) atoms. The lowest BCUT2D eigenvalue weighted by Gasteiger charge is -2.09. The number of hydrogen-bond acceptors (Lipinski definition) is 7. The van der Waals surface area contributed by atoms with Gasteiger partial charge in [0.05, 0.1) is 17.9 Å². The molecule has 0 amide bonds. The number of methoxy groups -OCH3 is 1. The van der Waals surface area contributed by atoms with Crippen molar-refractivity contribution >= 4 is 17.3 Å². The molecule has 8 nitrogen and oxygen atoms in total. The number of alkyl halides is 3. The fourth-order valence-electron chi connectivity index (χ4n) is 1.79. The van der Waals surface area contributed by atoms with Crippen molar-refractivity contribution in [1.29, 1.82) is 0 Å². The minimum atomic E-state index is -4.88.